The van der Waals surface area contributed by atoms with Crippen LogP contribution in [0.25, 0.3) is 0 Å². The number of benzene rings is 1. The Bertz CT molecular complexity index is 375. The third kappa shape index (κ3) is 4.00. The third-order valence-corrected chi connectivity index (χ3v) is 3.18. The maximum Gasteiger partial charge on any atom is 0.122 e. The van der Waals surface area contributed by atoms with Gasteiger partial charge in [0, 0.05) is 6.54 Å². The van der Waals surface area contributed by atoms with Crippen molar-refractivity contribution in [3.63, 3.8) is 0 Å². The summed E-state index contributed by atoms with van der Waals surface area (Å²) in [5.41, 5.74) is 9.38. The minimum Gasteiger partial charge on any atom is -0.496 e. The van der Waals surface area contributed by atoms with E-state index in [-0.39, 0.29) is 0 Å². The Morgan fingerprint density at radius 1 is 1.33 bits per heavy atom. The second-order valence-electron chi connectivity index (χ2n) is 4.99. The van der Waals surface area contributed by atoms with Gasteiger partial charge < -0.3 is 15.8 Å². The summed E-state index contributed by atoms with van der Waals surface area (Å²) in [6.07, 6.45) is 1.02. The number of ether oxygens (including phenoxy) is 1. The highest BCUT2D eigenvalue weighted by Crippen LogP contribution is 2.29. The largest absolute Gasteiger partial charge is 0.496 e. The number of methoxy groups -OCH3 is 1. The molecule has 0 saturated carbocycles. The van der Waals surface area contributed by atoms with Crippen molar-refractivity contribution >= 4 is 0 Å². The quantitative estimate of drug-likeness (QED) is 0.731. The van der Waals surface area contributed by atoms with Crippen LogP contribution in [0.4, 0.5) is 0 Å². The first-order valence-corrected chi connectivity index (χ1v) is 6.68. The maximum atomic E-state index is 5.48. The number of rotatable bonds is 7. The molecule has 0 aliphatic heterocycles. The van der Waals surface area contributed by atoms with Gasteiger partial charge >= 0.3 is 0 Å². The molecule has 0 unspecified atom stereocenters. The standard InChI is InChI=1S/C15H26N2O/c1-11(2)14-9-13(10-17-7-5-6-16)12(3)8-15(14)18-4/h8-9,11,17H,5-7,10,16H2,1-4H3. The maximum absolute atomic E-state index is 5.48. The molecule has 3 nitrogen and oxygen atoms in total. The van der Waals surface area contributed by atoms with E-state index in [2.05, 4.69) is 38.2 Å². The summed E-state index contributed by atoms with van der Waals surface area (Å²) in [6.45, 7) is 9.13. The lowest BCUT2D eigenvalue weighted by Crippen LogP contribution is -2.18. The predicted octanol–water partition coefficient (Wildman–Crippen LogP) is 2.57. The number of hydrogen-bond donors (Lipinski definition) is 2. The summed E-state index contributed by atoms with van der Waals surface area (Å²) >= 11 is 0. The third-order valence-electron chi connectivity index (χ3n) is 3.18. The molecule has 1 aromatic rings. The van der Waals surface area contributed by atoms with E-state index < -0.39 is 0 Å². The molecule has 3 heteroatoms. The van der Waals surface area contributed by atoms with Gasteiger partial charge in [-0.15, -0.1) is 0 Å². The Morgan fingerprint density at radius 2 is 2.06 bits per heavy atom. The van der Waals surface area contributed by atoms with Crippen molar-refractivity contribution in [1.82, 2.24) is 5.32 Å². The monoisotopic (exact) mass is 250 g/mol. The summed E-state index contributed by atoms with van der Waals surface area (Å²) < 4.78 is 5.45. The van der Waals surface area contributed by atoms with Crippen molar-refractivity contribution in [3.8, 4) is 5.75 Å². The lowest BCUT2D eigenvalue weighted by Gasteiger charge is -2.16. The van der Waals surface area contributed by atoms with E-state index in [1.807, 2.05) is 0 Å². The SMILES string of the molecule is COc1cc(C)c(CNCCCN)cc1C(C)C. The van der Waals surface area contributed by atoms with Crippen molar-refractivity contribution in [2.24, 2.45) is 5.73 Å². The molecular weight excluding hydrogens is 224 g/mol. The van der Waals surface area contributed by atoms with Gasteiger partial charge in [-0.05, 0) is 55.1 Å². The van der Waals surface area contributed by atoms with Crippen molar-refractivity contribution in [3.05, 3.63) is 28.8 Å². The Hall–Kier alpha value is -1.06. The molecule has 1 rings (SSSR count). The van der Waals surface area contributed by atoms with Gasteiger partial charge in [0.2, 0.25) is 0 Å². The van der Waals surface area contributed by atoms with Crippen molar-refractivity contribution < 1.29 is 4.74 Å². The fourth-order valence-electron chi connectivity index (χ4n) is 2.01. The zero-order chi connectivity index (χ0) is 13.5. The molecule has 102 valence electrons. The normalized spacial score (nSPS) is 11.0. The van der Waals surface area contributed by atoms with E-state index in [9.17, 15) is 0 Å². The first-order chi connectivity index (χ1) is 8.60. The van der Waals surface area contributed by atoms with Gasteiger partial charge in [0.1, 0.15) is 5.75 Å². The molecule has 18 heavy (non-hydrogen) atoms. The van der Waals surface area contributed by atoms with Crippen molar-refractivity contribution in [1.29, 1.82) is 0 Å². The summed E-state index contributed by atoms with van der Waals surface area (Å²) in [6, 6.07) is 4.39. The number of nitrogens with one attached hydrogen (secondary N) is 1. The molecule has 0 bridgehead atoms. The topological polar surface area (TPSA) is 47.3 Å². The van der Waals surface area contributed by atoms with Crippen molar-refractivity contribution in [2.75, 3.05) is 20.2 Å². The fraction of sp³-hybridized carbons (Fsp3) is 0.600. The van der Waals surface area contributed by atoms with Gasteiger partial charge in [-0.3, -0.25) is 0 Å². The molecule has 1 aromatic carbocycles. The van der Waals surface area contributed by atoms with Crippen LogP contribution in [0, 0.1) is 6.92 Å². The molecule has 0 radical (unpaired) electrons. The lowest BCUT2D eigenvalue weighted by atomic mass is 9.96. The first-order valence-electron chi connectivity index (χ1n) is 6.68. The van der Waals surface area contributed by atoms with Crippen LogP contribution in [0.2, 0.25) is 0 Å². The molecule has 0 spiro atoms. The molecule has 0 aliphatic carbocycles. The number of hydrogen-bond acceptors (Lipinski definition) is 3. The van der Waals surface area contributed by atoms with E-state index in [0.717, 1.165) is 31.8 Å². The Kier molecular flexibility index (Phi) is 6.16. The lowest BCUT2D eigenvalue weighted by molar-refractivity contribution is 0.407. The molecule has 0 saturated heterocycles. The zero-order valence-corrected chi connectivity index (χ0v) is 12.0. The van der Waals surface area contributed by atoms with Gasteiger partial charge in [-0.2, -0.15) is 0 Å². The van der Waals surface area contributed by atoms with Crippen molar-refractivity contribution in [2.45, 2.75) is 39.7 Å². The van der Waals surface area contributed by atoms with Crippen LogP contribution in [-0.4, -0.2) is 20.2 Å². The van der Waals surface area contributed by atoms with Gasteiger partial charge in [0.05, 0.1) is 7.11 Å². The number of nitrogens with two attached hydrogens (primary N) is 1. The Morgan fingerprint density at radius 3 is 2.61 bits per heavy atom. The zero-order valence-electron chi connectivity index (χ0n) is 12.0. The highest BCUT2D eigenvalue weighted by Gasteiger charge is 2.10. The average Bonchev–Trinajstić information content (AvgIpc) is 2.35. The van der Waals surface area contributed by atoms with E-state index in [1.54, 1.807) is 7.11 Å². The van der Waals surface area contributed by atoms with Gasteiger partial charge in [0.25, 0.3) is 0 Å². The van der Waals surface area contributed by atoms with Crippen LogP contribution >= 0.6 is 0 Å². The summed E-state index contributed by atoms with van der Waals surface area (Å²) in [4.78, 5) is 0. The molecule has 0 heterocycles. The molecule has 0 aliphatic rings. The average molecular weight is 250 g/mol. The van der Waals surface area contributed by atoms with Crippen LogP contribution in [-0.2, 0) is 6.54 Å². The van der Waals surface area contributed by atoms with Crippen LogP contribution in [0.15, 0.2) is 12.1 Å². The van der Waals surface area contributed by atoms with Crippen LogP contribution in [0.5, 0.6) is 5.75 Å². The molecule has 0 aromatic heterocycles. The minimum absolute atomic E-state index is 0.475. The summed E-state index contributed by atoms with van der Waals surface area (Å²) in [5, 5.41) is 3.43. The van der Waals surface area contributed by atoms with Gasteiger partial charge in [-0.25, -0.2) is 0 Å². The second kappa shape index (κ2) is 7.39. The summed E-state index contributed by atoms with van der Waals surface area (Å²) in [5.74, 6) is 1.47. The second-order valence-corrected chi connectivity index (χ2v) is 4.99. The van der Waals surface area contributed by atoms with Crippen LogP contribution < -0.4 is 15.8 Å². The smallest absolute Gasteiger partial charge is 0.122 e. The first kappa shape index (κ1) is 15.0. The molecule has 3 N–H and O–H groups in total. The van der Waals surface area contributed by atoms with Crippen LogP contribution in [0.3, 0.4) is 0 Å². The van der Waals surface area contributed by atoms with Gasteiger partial charge in [0.15, 0.2) is 0 Å². The van der Waals surface area contributed by atoms with E-state index >= 15 is 0 Å². The summed E-state index contributed by atoms with van der Waals surface area (Å²) in [7, 11) is 1.74. The highest BCUT2D eigenvalue weighted by atomic mass is 16.5. The van der Waals surface area contributed by atoms with E-state index in [4.69, 9.17) is 10.5 Å². The highest BCUT2D eigenvalue weighted by molar-refractivity contribution is 5.43. The van der Waals surface area contributed by atoms with Gasteiger partial charge in [-0.1, -0.05) is 19.9 Å². The predicted molar refractivity (Wildman–Crippen MR) is 77.2 cm³/mol. The Balaban J connectivity index is 2.81. The molecular formula is C15H26N2O. The molecule has 0 atom stereocenters. The number of aryl methyl sites for hydroxylation is 1. The fourth-order valence-corrected chi connectivity index (χ4v) is 2.01. The van der Waals surface area contributed by atoms with E-state index in [0.29, 0.717) is 5.92 Å². The molecule has 0 fully saturated rings. The Labute approximate surface area is 111 Å². The molecule has 0 amide bonds. The van der Waals surface area contributed by atoms with E-state index in [1.165, 1.54) is 16.7 Å². The minimum atomic E-state index is 0.475. The van der Waals surface area contributed by atoms with Crippen LogP contribution in [0.1, 0.15) is 42.9 Å².